The summed E-state index contributed by atoms with van der Waals surface area (Å²) in [5.41, 5.74) is 4.00. The molecule has 4 aromatic carbocycles. The van der Waals surface area contributed by atoms with Gasteiger partial charge in [-0.2, -0.15) is 0 Å². The maximum absolute atomic E-state index is 12.4. The third-order valence-corrected chi connectivity index (χ3v) is 5.75. The minimum absolute atomic E-state index is 0.243. The molecule has 0 saturated heterocycles. The first-order valence-corrected chi connectivity index (χ1v) is 11.6. The van der Waals surface area contributed by atoms with Crippen molar-refractivity contribution in [2.24, 2.45) is 4.99 Å². The molecule has 4 aromatic rings. The van der Waals surface area contributed by atoms with Gasteiger partial charge < -0.3 is 14.2 Å². The molecule has 0 atom stereocenters. The summed E-state index contributed by atoms with van der Waals surface area (Å²) in [7, 11) is 0. The van der Waals surface area contributed by atoms with Gasteiger partial charge in [-0.1, -0.05) is 66.2 Å². The molecule has 0 radical (unpaired) electrons. The van der Waals surface area contributed by atoms with Crippen molar-refractivity contribution < 1.29 is 19.0 Å². The summed E-state index contributed by atoms with van der Waals surface area (Å²) < 4.78 is 17.4. The van der Waals surface area contributed by atoms with Crippen LogP contribution in [0.5, 0.6) is 11.5 Å². The quantitative estimate of drug-likeness (QED) is 0.233. The molecule has 0 N–H and O–H groups in total. The van der Waals surface area contributed by atoms with Gasteiger partial charge >= 0.3 is 5.97 Å². The Hall–Kier alpha value is -4.38. The number of benzene rings is 4. The highest BCUT2D eigenvalue weighted by Crippen LogP contribution is 2.31. The molecule has 5 rings (SSSR count). The number of esters is 1. The predicted molar refractivity (Wildman–Crippen MR) is 138 cm³/mol. The number of carbonyl (C=O) groups excluding carboxylic acids is 1. The number of rotatable bonds is 7. The Morgan fingerprint density at radius 2 is 1.69 bits per heavy atom. The predicted octanol–water partition coefficient (Wildman–Crippen LogP) is 6.47. The zero-order valence-electron chi connectivity index (χ0n) is 19.7. The van der Waals surface area contributed by atoms with Gasteiger partial charge in [-0.05, 0) is 66.1 Å². The maximum atomic E-state index is 12.4. The molecule has 0 unspecified atom stereocenters. The topological polar surface area (TPSA) is 57.1 Å². The number of hydrogen-bond donors (Lipinski definition) is 0. The summed E-state index contributed by atoms with van der Waals surface area (Å²) in [4.78, 5) is 16.8. The van der Waals surface area contributed by atoms with E-state index >= 15 is 0 Å². The van der Waals surface area contributed by atoms with Crippen LogP contribution in [-0.4, -0.2) is 18.5 Å². The lowest BCUT2D eigenvalue weighted by molar-refractivity contribution is -0.129. The lowest BCUT2D eigenvalue weighted by Gasteiger charge is -2.14. The van der Waals surface area contributed by atoms with Crippen LogP contribution in [0.15, 0.2) is 95.6 Å². The second kappa shape index (κ2) is 9.85. The number of aryl methyl sites for hydroxylation is 1. The monoisotopic (exact) mass is 463 g/mol. The average Bonchev–Trinajstić information content (AvgIpc) is 3.24. The second-order valence-electron chi connectivity index (χ2n) is 8.27. The molecule has 0 saturated carbocycles. The number of hydrogen-bond acceptors (Lipinski definition) is 5. The summed E-state index contributed by atoms with van der Waals surface area (Å²) >= 11 is 0. The normalized spacial score (nSPS) is 14.2. The maximum Gasteiger partial charge on any atom is 0.363 e. The van der Waals surface area contributed by atoms with E-state index in [1.165, 1.54) is 5.39 Å². The molecule has 5 heteroatoms. The average molecular weight is 464 g/mol. The van der Waals surface area contributed by atoms with Crippen LogP contribution in [0.1, 0.15) is 29.2 Å². The number of carbonyl (C=O) groups is 1. The molecule has 1 heterocycles. The fraction of sp³-hybridized carbons (Fsp3) is 0.133. The number of nitrogens with zero attached hydrogens (tertiary/aromatic N) is 1. The van der Waals surface area contributed by atoms with E-state index in [4.69, 9.17) is 14.2 Å². The molecule has 0 spiro atoms. The van der Waals surface area contributed by atoms with Gasteiger partial charge in [-0.25, -0.2) is 9.79 Å². The zero-order valence-corrected chi connectivity index (χ0v) is 19.7. The van der Waals surface area contributed by atoms with Crippen LogP contribution in [0.4, 0.5) is 0 Å². The summed E-state index contributed by atoms with van der Waals surface area (Å²) in [6.07, 6.45) is 1.69. The second-order valence-corrected chi connectivity index (χ2v) is 8.27. The van der Waals surface area contributed by atoms with Gasteiger partial charge in [-0.15, -0.1) is 0 Å². The Kier molecular flexibility index (Phi) is 6.31. The third kappa shape index (κ3) is 4.94. The smallest absolute Gasteiger partial charge is 0.363 e. The number of ether oxygens (including phenoxy) is 3. The third-order valence-electron chi connectivity index (χ3n) is 5.75. The van der Waals surface area contributed by atoms with E-state index in [0.717, 1.165) is 27.6 Å². The van der Waals surface area contributed by atoms with Crippen molar-refractivity contribution in [3.63, 3.8) is 0 Å². The van der Waals surface area contributed by atoms with Gasteiger partial charge in [0.2, 0.25) is 5.90 Å². The van der Waals surface area contributed by atoms with Gasteiger partial charge in [0.15, 0.2) is 17.2 Å². The van der Waals surface area contributed by atoms with E-state index in [-0.39, 0.29) is 5.70 Å². The molecule has 0 amide bonds. The number of fused-ring (bicyclic) bond motifs is 1. The lowest BCUT2D eigenvalue weighted by atomic mass is 10.1. The van der Waals surface area contributed by atoms with Gasteiger partial charge in [0.1, 0.15) is 6.61 Å². The molecular formula is C30H25NO4. The first-order chi connectivity index (χ1) is 17.1. The van der Waals surface area contributed by atoms with Crippen LogP contribution in [0.3, 0.4) is 0 Å². The molecule has 0 aliphatic carbocycles. The molecule has 35 heavy (non-hydrogen) atoms. The highest BCUT2D eigenvalue weighted by molar-refractivity contribution is 6.12. The summed E-state index contributed by atoms with van der Waals surface area (Å²) in [5, 5.41) is 2.34. The molecule has 0 bridgehead atoms. The van der Waals surface area contributed by atoms with Crippen molar-refractivity contribution in [2.45, 2.75) is 20.5 Å². The Morgan fingerprint density at radius 1 is 0.886 bits per heavy atom. The summed E-state index contributed by atoms with van der Waals surface area (Å²) in [5.74, 6) is 1.08. The lowest BCUT2D eigenvalue weighted by Crippen LogP contribution is -2.05. The molecule has 1 aliphatic rings. The highest BCUT2D eigenvalue weighted by Gasteiger charge is 2.24. The number of aliphatic imine (C=N–C) groups is 1. The number of cyclic esters (lactones) is 1. The van der Waals surface area contributed by atoms with Crippen LogP contribution in [0.2, 0.25) is 0 Å². The molecule has 0 aromatic heterocycles. The van der Waals surface area contributed by atoms with Crippen LogP contribution in [-0.2, 0) is 16.1 Å². The largest absolute Gasteiger partial charge is 0.490 e. The van der Waals surface area contributed by atoms with Gasteiger partial charge in [0, 0.05) is 5.56 Å². The first-order valence-electron chi connectivity index (χ1n) is 11.6. The van der Waals surface area contributed by atoms with E-state index < -0.39 is 5.97 Å². The minimum atomic E-state index is -0.477. The first kappa shape index (κ1) is 22.4. The minimum Gasteiger partial charge on any atom is -0.490 e. The van der Waals surface area contributed by atoms with Crippen molar-refractivity contribution in [2.75, 3.05) is 6.61 Å². The SMILES string of the molecule is CCOc1cc(C=C2N=C(c3ccc(C)cc3)OC2=O)ccc1OCc1cccc2ccccc12. The summed E-state index contributed by atoms with van der Waals surface area (Å²) in [6.45, 7) is 4.83. The Bertz CT molecular complexity index is 1450. The van der Waals surface area contributed by atoms with E-state index in [1.54, 1.807) is 6.08 Å². The van der Waals surface area contributed by atoms with E-state index in [1.807, 2.05) is 74.5 Å². The van der Waals surface area contributed by atoms with Crippen molar-refractivity contribution >= 4 is 28.7 Å². The highest BCUT2D eigenvalue weighted by atomic mass is 16.6. The molecule has 0 fully saturated rings. The Morgan fingerprint density at radius 3 is 2.51 bits per heavy atom. The fourth-order valence-corrected chi connectivity index (χ4v) is 3.96. The van der Waals surface area contributed by atoms with Crippen LogP contribution < -0.4 is 9.47 Å². The zero-order chi connectivity index (χ0) is 24.2. The van der Waals surface area contributed by atoms with E-state index in [0.29, 0.717) is 30.6 Å². The van der Waals surface area contributed by atoms with E-state index in [9.17, 15) is 4.79 Å². The van der Waals surface area contributed by atoms with Crippen molar-refractivity contribution in [1.29, 1.82) is 0 Å². The molecule has 5 nitrogen and oxygen atoms in total. The molecule has 1 aliphatic heterocycles. The van der Waals surface area contributed by atoms with Crippen molar-refractivity contribution in [3.05, 3.63) is 113 Å². The van der Waals surface area contributed by atoms with Crippen LogP contribution in [0, 0.1) is 6.92 Å². The Balaban J connectivity index is 1.38. The van der Waals surface area contributed by atoms with E-state index in [2.05, 4.69) is 29.3 Å². The van der Waals surface area contributed by atoms with Crippen LogP contribution >= 0.6 is 0 Å². The van der Waals surface area contributed by atoms with Gasteiger partial charge in [-0.3, -0.25) is 0 Å². The molecule has 174 valence electrons. The fourth-order valence-electron chi connectivity index (χ4n) is 3.96. The van der Waals surface area contributed by atoms with Gasteiger partial charge in [0.25, 0.3) is 0 Å². The standard InChI is InChI=1S/C30H25NO4/c1-3-33-28-18-21(17-26-30(32)35-29(31-26)23-14-11-20(2)12-15-23)13-16-27(28)34-19-24-9-6-8-22-7-4-5-10-25(22)24/h4-18H,3,19H2,1-2H3. The van der Waals surface area contributed by atoms with Crippen LogP contribution in [0.25, 0.3) is 16.8 Å². The van der Waals surface area contributed by atoms with Crippen molar-refractivity contribution in [3.8, 4) is 11.5 Å². The summed E-state index contributed by atoms with van der Waals surface area (Å²) in [6, 6.07) is 27.7. The van der Waals surface area contributed by atoms with Crippen molar-refractivity contribution in [1.82, 2.24) is 0 Å². The van der Waals surface area contributed by atoms with Gasteiger partial charge in [0.05, 0.1) is 6.61 Å². The molecular weight excluding hydrogens is 438 g/mol. The Labute approximate surface area is 204 Å².